The molecular weight excluding hydrogens is 456 g/mol. The van der Waals surface area contributed by atoms with Crippen LogP contribution < -0.4 is 0 Å². The van der Waals surface area contributed by atoms with E-state index in [4.69, 9.17) is 18.6 Å². The maximum atomic E-state index is 7.50. The van der Waals surface area contributed by atoms with Crippen molar-refractivity contribution >= 4 is 0 Å². The Bertz CT molecular complexity index is 560. The summed E-state index contributed by atoms with van der Waals surface area (Å²) in [4.78, 5) is 0. The standard InChI is InChI=1S/2C10H15.4CO.2Cr/c2*1-6-7(2)9(4)10(5)8(6)3;4*1-2;;/h2*1-5H3;;;;;;/q-5;-1;;;;;2*+5. The van der Waals surface area contributed by atoms with Gasteiger partial charge in [0.05, 0.1) is 0 Å². The first-order valence-electron chi connectivity index (χ1n) is 8.32. The molecule has 0 saturated carbocycles. The number of hydrogen-bond acceptors (Lipinski definition) is 0. The summed E-state index contributed by atoms with van der Waals surface area (Å²) in [7, 11) is 0. The van der Waals surface area contributed by atoms with Crippen molar-refractivity contribution in [2.45, 2.75) is 69.2 Å². The predicted octanol–water partition coefficient (Wildman–Crippen LogP) is 5.74. The van der Waals surface area contributed by atoms with Crippen LogP contribution >= 0.6 is 0 Å². The summed E-state index contributed by atoms with van der Waals surface area (Å²) in [6.07, 6.45) is 0. The van der Waals surface area contributed by atoms with Gasteiger partial charge in [-0.25, -0.2) is 34.6 Å². The Morgan fingerprint density at radius 2 is 0.567 bits per heavy atom. The SMILES string of the molecule is C[c-]1[c-](C)[c-](C)[c-](C)[c-]1C.Cc1c(C)c(C)[c-](C)c1C.[C-]#[O+].[C-]#[O+].[C-]#[O+].[C-]#[O+].[Cr+5].[Cr+5]. The van der Waals surface area contributed by atoms with Crippen LogP contribution in [0.25, 0.3) is 0 Å². The van der Waals surface area contributed by atoms with Crippen LogP contribution in [0.1, 0.15) is 55.6 Å². The molecular formula is C24H30Cr2O4+4. The molecule has 0 N–H and O–H groups in total. The van der Waals surface area contributed by atoms with Gasteiger partial charge in [0.1, 0.15) is 0 Å². The molecule has 0 aliphatic heterocycles. The van der Waals surface area contributed by atoms with Gasteiger partial charge in [-0.2, -0.15) is 27.8 Å². The maximum absolute atomic E-state index is 7.50. The Labute approximate surface area is 204 Å². The molecule has 0 heterocycles. The van der Waals surface area contributed by atoms with Gasteiger partial charge in [0, 0.05) is 0 Å². The molecule has 2 aromatic carbocycles. The fourth-order valence-corrected chi connectivity index (χ4v) is 2.81. The van der Waals surface area contributed by atoms with Crippen LogP contribution in [0.4, 0.5) is 0 Å². The van der Waals surface area contributed by atoms with Crippen LogP contribution in [0, 0.1) is 95.8 Å². The first kappa shape index (κ1) is 42.8. The Balaban J connectivity index is -0.0000000686. The Hall–Kier alpha value is -1.28. The van der Waals surface area contributed by atoms with Gasteiger partial charge in [-0.3, -0.25) is 0 Å². The van der Waals surface area contributed by atoms with Crippen molar-refractivity contribution in [3.63, 3.8) is 0 Å². The molecule has 0 aliphatic rings. The maximum Gasteiger partial charge on any atom is 5.00 e. The molecule has 6 heteroatoms. The van der Waals surface area contributed by atoms with Crippen LogP contribution in [0.3, 0.4) is 0 Å². The van der Waals surface area contributed by atoms with Gasteiger partial charge >= 0.3 is 79.9 Å². The van der Waals surface area contributed by atoms with Crippen molar-refractivity contribution < 1.29 is 53.3 Å². The van der Waals surface area contributed by atoms with E-state index in [1.807, 2.05) is 0 Å². The van der Waals surface area contributed by atoms with Gasteiger partial charge in [0.25, 0.3) is 0 Å². The normalized spacial score (nSPS) is 7.27. The fourth-order valence-electron chi connectivity index (χ4n) is 2.81. The quantitative estimate of drug-likeness (QED) is 0.336. The molecule has 0 spiro atoms. The van der Waals surface area contributed by atoms with Crippen LogP contribution in [0.15, 0.2) is 0 Å². The second-order valence-electron chi connectivity index (χ2n) is 6.25. The van der Waals surface area contributed by atoms with Crippen molar-refractivity contribution in [2.24, 2.45) is 0 Å². The van der Waals surface area contributed by atoms with Gasteiger partial charge in [-0.05, 0) is 0 Å². The van der Waals surface area contributed by atoms with Crippen LogP contribution in [0.5, 0.6) is 0 Å². The largest absolute Gasteiger partial charge is 5.00 e. The monoisotopic (exact) mass is 486 g/mol. The van der Waals surface area contributed by atoms with E-state index in [9.17, 15) is 0 Å². The summed E-state index contributed by atoms with van der Waals surface area (Å²) >= 11 is 0. The van der Waals surface area contributed by atoms with E-state index in [1.165, 1.54) is 55.6 Å². The molecule has 0 bridgehead atoms. The third-order valence-electron chi connectivity index (χ3n) is 5.62. The van der Waals surface area contributed by atoms with Gasteiger partial charge in [-0.1, -0.05) is 34.6 Å². The second kappa shape index (κ2) is 24.0. The van der Waals surface area contributed by atoms with Crippen molar-refractivity contribution in [2.75, 3.05) is 0 Å². The van der Waals surface area contributed by atoms with Crippen molar-refractivity contribution in [1.82, 2.24) is 0 Å². The molecule has 0 amide bonds. The average molecular weight is 486 g/mol. The molecule has 0 atom stereocenters. The van der Waals surface area contributed by atoms with Gasteiger partial charge in [0.15, 0.2) is 0 Å². The van der Waals surface area contributed by atoms with Crippen LogP contribution in [-0.2, 0) is 53.3 Å². The molecule has 0 unspecified atom stereocenters. The molecule has 0 aromatic heterocycles. The van der Waals surface area contributed by atoms with E-state index in [-0.39, 0.29) is 34.7 Å². The van der Waals surface area contributed by atoms with Crippen molar-refractivity contribution in [1.29, 1.82) is 0 Å². The Kier molecular flexibility index (Phi) is 34.2. The summed E-state index contributed by atoms with van der Waals surface area (Å²) < 4.78 is 30.0. The third-order valence-corrected chi connectivity index (χ3v) is 5.62. The Morgan fingerprint density at radius 1 is 0.433 bits per heavy atom. The summed E-state index contributed by atoms with van der Waals surface area (Å²) in [6, 6.07) is 0. The van der Waals surface area contributed by atoms with Crippen molar-refractivity contribution in [3.8, 4) is 0 Å². The van der Waals surface area contributed by atoms with E-state index in [0.717, 1.165) is 0 Å². The number of rotatable bonds is 0. The third kappa shape index (κ3) is 11.8. The van der Waals surface area contributed by atoms with E-state index in [1.54, 1.807) is 0 Å². The minimum Gasteiger partial charge on any atom is 5.00 e. The summed E-state index contributed by atoms with van der Waals surface area (Å²) in [5.74, 6) is 0. The Morgan fingerprint density at radius 3 is 0.633 bits per heavy atom. The van der Waals surface area contributed by atoms with E-state index in [0.29, 0.717) is 0 Å². The average Bonchev–Trinajstić information content (AvgIpc) is 3.04. The number of hydrogen-bond donors (Lipinski definition) is 0. The first-order chi connectivity index (χ1) is 13.1. The van der Waals surface area contributed by atoms with Gasteiger partial charge < -0.3 is 27.8 Å². The summed E-state index contributed by atoms with van der Waals surface area (Å²) in [5.41, 5.74) is 14.7. The minimum atomic E-state index is 0. The fraction of sp³-hybridized carbons (Fsp3) is 0.417. The second-order valence-corrected chi connectivity index (χ2v) is 6.25. The van der Waals surface area contributed by atoms with Crippen LogP contribution in [0.2, 0.25) is 0 Å². The summed E-state index contributed by atoms with van der Waals surface area (Å²) in [6.45, 7) is 40.0. The molecule has 2 rings (SSSR count). The predicted molar refractivity (Wildman–Crippen MR) is 107 cm³/mol. The van der Waals surface area contributed by atoms with Gasteiger partial charge in [0.2, 0.25) is 0 Å². The molecule has 2 radical (unpaired) electrons. The van der Waals surface area contributed by atoms with Crippen molar-refractivity contribution in [3.05, 3.63) is 82.2 Å². The van der Waals surface area contributed by atoms with E-state index >= 15 is 0 Å². The molecule has 0 fully saturated rings. The molecule has 0 saturated heterocycles. The topological polar surface area (TPSA) is 79.6 Å². The van der Waals surface area contributed by atoms with Crippen LogP contribution in [-0.4, -0.2) is 0 Å². The first-order valence-corrected chi connectivity index (χ1v) is 8.32. The summed E-state index contributed by atoms with van der Waals surface area (Å²) in [5, 5.41) is 0. The van der Waals surface area contributed by atoms with E-state index in [2.05, 4.69) is 95.8 Å². The molecule has 4 nitrogen and oxygen atoms in total. The van der Waals surface area contributed by atoms with E-state index < -0.39 is 0 Å². The molecule has 2 aromatic rings. The minimum absolute atomic E-state index is 0. The zero-order valence-corrected chi connectivity index (χ0v) is 22.0. The molecule has 30 heavy (non-hydrogen) atoms. The molecule has 0 aliphatic carbocycles. The van der Waals surface area contributed by atoms with Gasteiger partial charge in [-0.15, -0.1) is 0 Å². The molecule has 158 valence electrons. The smallest absolute Gasteiger partial charge is 5.00 e. The zero-order valence-electron chi connectivity index (χ0n) is 19.4. The zero-order chi connectivity index (χ0) is 23.8.